The molecule has 0 saturated heterocycles. The van der Waals surface area contributed by atoms with E-state index in [0.29, 0.717) is 24.5 Å². The number of hydrogen-bond donors (Lipinski definition) is 0. The third-order valence-electron chi connectivity index (χ3n) is 4.18. The second-order valence-corrected chi connectivity index (χ2v) is 6.64. The summed E-state index contributed by atoms with van der Waals surface area (Å²) in [6, 6.07) is 23.3. The summed E-state index contributed by atoms with van der Waals surface area (Å²) in [7, 11) is 0. The Hall–Kier alpha value is -2.91. The molecule has 0 radical (unpaired) electrons. The minimum atomic E-state index is -0.0234. The van der Waals surface area contributed by atoms with E-state index in [0.717, 1.165) is 16.8 Å². The predicted molar refractivity (Wildman–Crippen MR) is 110 cm³/mol. The van der Waals surface area contributed by atoms with Gasteiger partial charge in [0.1, 0.15) is 0 Å². The molecule has 0 unspecified atom stereocenters. The van der Waals surface area contributed by atoms with E-state index in [1.807, 2.05) is 83.8 Å². The Bertz CT molecular complexity index is 877. The summed E-state index contributed by atoms with van der Waals surface area (Å²) in [5, 5.41) is 0.680. The summed E-state index contributed by atoms with van der Waals surface area (Å²) in [6.45, 7) is 1.17. The predicted octanol–water partition coefficient (Wildman–Crippen LogP) is 5.02. The Morgan fingerprint density at radius 1 is 0.963 bits per heavy atom. The highest BCUT2D eigenvalue weighted by Crippen LogP contribution is 2.12. The Morgan fingerprint density at radius 3 is 2.41 bits per heavy atom. The van der Waals surface area contributed by atoms with Gasteiger partial charge in [0.05, 0.1) is 0 Å². The minimum absolute atomic E-state index is 0.0234. The van der Waals surface area contributed by atoms with Gasteiger partial charge in [0.15, 0.2) is 0 Å². The van der Waals surface area contributed by atoms with Crippen molar-refractivity contribution in [3.05, 3.63) is 107 Å². The van der Waals surface area contributed by atoms with Crippen LogP contribution < -0.4 is 0 Å². The molecular formula is C23H21ClN2O. The quantitative estimate of drug-likeness (QED) is 0.542. The molecule has 0 aliphatic rings. The van der Waals surface area contributed by atoms with Gasteiger partial charge in [-0.1, -0.05) is 60.1 Å². The first-order valence-electron chi connectivity index (χ1n) is 8.87. The molecule has 3 nitrogen and oxygen atoms in total. The van der Waals surface area contributed by atoms with Crippen molar-refractivity contribution in [3.63, 3.8) is 0 Å². The number of pyridine rings is 1. The molecule has 1 aromatic heterocycles. The number of rotatable bonds is 7. The molecule has 1 amide bonds. The van der Waals surface area contributed by atoms with Gasteiger partial charge in [-0.25, -0.2) is 0 Å². The smallest absolute Gasteiger partial charge is 0.246 e. The topological polar surface area (TPSA) is 33.2 Å². The number of amides is 1. The Kier molecular flexibility index (Phi) is 6.78. The van der Waals surface area contributed by atoms with Crippen LogP contribution in [0.15, 0.2) is 85.1 Å². The van der Waals surface area contributed by atoms with E-state index in [1.165, 1.54) is 0 Å². The van der Waals surface area contributed by atoms with E-state index in [-0.39, 0.29) is 5.91 Å². The van der Waals surface area contributed by atoms with Crippen molar-refractivity contribution in [1.29, 1.82) is 0 Å². The number of halogens is 1. The second-order valence-electron chi connectivity index (χ2n) is 6.20. The molecule has 0 bridgehead atoms. The molecule has 0 spiro atoms. The van der Waals surface area contributed by atoms with Gasteiger partial charge >= 0.3 is 0 Å². The Balaban J connectivity index is 1.71. The third kappa shape index (κ3) is 6.08. The maximum absolute atomic E-state index is 12.8. The lowest BCUT2D eigenvalue weighted by Gasteiger charge is -2.21. The summed E-state index contributed by atoms with van der Waals surface area (Å²) in [5.41, 5.74) is 3.02. The SMILES string of the molecule is O=C(/C=C/c1ccc(Cl)cc1)N(CCc1ccccn1)Cc1ccccc1. The minimum Gasteiger partial charge on any atom is -0.334 e. The lowest BCUT2D eigenvalue weighted by molar-refractivity contribution is -0.126. The zero-order valence-electron chi connectivity index (χ0n) is 15.0. The van der Waals surface area contributed by atoms with Gasteiger partial charge in [-0.15, -0.1) is 0 Å². The number of aromatic nitrogens is 1. The van der Waals surface area contributed by atoms with Crippen molar-refractivity contribution < 1.29 is 4.79 Å². The Labute approximate surface area is 164 Å². The molecule has 27 heavy (non-hydrogen) atoms. The first-order valence-corrected chi connectivity index (χ1v) is 9.25. The maximum Gasteiger partial charge on any atom is 0.246 e. The number of carbonyl (C=O) groups is 1. The molecule has 0 N–H and O–H groups in total. The van der Waals surface area contributed by atoms with Crippen molar-refractivity contribution in [2.45, 2.75) is 13.0 Å². The summed E-state index contributed by atoms with van der Waals surface area (Å²) < 4.78 is 0. The molecular weight excluding hydrogens is 356 g/mol. The van der Waals surface area contributed by atoms with E-state index < -0.39 is 0 Å². The lowest BCUT2D eigenvalue weighted by atomic mass is 10.1. The first-order chi connectivity index (χ1) is 13.2. The van der Waals surface area contributed by atoms with Crippen molar-refractivity contribution in [1.82, 2.24) is 9.88 Å². The zero-order valence-corrected chi connectivity index (χ0v) is 15.7. The summed E-state index contributed by atoms with van der Waals surface area (Å²) >= 11 is 5.91. The molecule has 0 atom stereocenters. The van der Waals surface area contributed by atoms with Crippen molar-refractivity contribution in [2.24, 2.45) is 0 Å². The Morgan fingerprint density at radius 2 is 1.70 bits per heavy atom. The number of benzene rings is 2. The summed E-state index contributed by atoms with van der Waals surface area (Å²) in [4.78, 5) is 19.0. The highest BCUT2D eigenvalue weighted by atomic mass is 35.5. The summed E-state index contributed by atoms with van der Waals surface area (Å²) in [5.74, 6) is -0.0234. The molecule has 3 aromatic rings. The highest BCUT2D eigenvalue weighted by molar-refractivity contribution is 6.30. The van der Waals surface area contributed by atoms with E-state index in [1.54, 1.807) is 12.3 Å². The van der Waals surface area contributed by atoms with Crippen LogP contribution in [0.2, 0.25) is 5.02 Å². The average Bonchev–Trinajstić information content (AvgIpc) is 2.72. The monoisotopic (exact) mass is 376 g/mol. The maximum atomic E-state index is 12.8. The van der Waals surface area contributed by atoms with Crippen LogP contribution >= 0.6 is 11.6 Å². The van der Waals surface area contributed by atoms with E-state index in [9.17, 15) is 4.79 Å². The van der Waals surface area contributed by atoms with Crippen molar-refractivity contribution in [3.8, 4) is 0 Å². The highest BCUT2D eigenvalue weighted by Gasteiger charge is 2.12. The molecule has 0 aliphatic heterocycles. The van der Waals surface area contributed by atoms with Crippen LogP contribution in [0, 0.1) is 0 Å². The average molecular weight is 377 g/mol. The lowest BCUT2D eigenvalue weighted by Crippen LogP contribution is -2.31. The molecule has 2 aromatic carbocycles. The molecule has 136 valence electrons. The van der Waals surface area contributed by atoms with Crippen molar-refractivity contribution in [2.75, 3.05) is 6.54 Å². The van der Waals surface area contributed by atoms with Gasteiger partial charge in [-0.2, -0.15) is 0 Å². The van der Waals surface area contributed by atoms with Gasteiger partial charge < -0.3 is 4.90 Å². The van der Waals surface area contributed by atoms with Gasteiger partial charge in [-0.3, -0.25) is 9.78 Å². The largest absolute Gasteiger partial charge is 0.334 e. The molecule has 3 rings (SSSR count). The third-order valence-corrected chi connectivity index (χ3v) is 4.43. The van der Waals surface area contributed by atoms with Crippen LogP contribution in [-0.4, -0.2) is 22.3 Å². The molecule has 4 heteroatoms. The number of hydrogen-bond acceptors (Lipinski definition) is 2. The summed E-state index contributed by atoms with van der Waals surface area (Å²) in [6.07, 6.45) is 5.93. The fourth-order valence-electron chi connectivity index (χ4n) is 2.71. The van der Waals surface area contributed by atoms with Crippen LogP contribution in [0.25, 0.3) is 6.08 Å². The normalized spacial score (nSPS) is 10.9. The van der Waals surface area contributed by atoms with Crippen molar-refractivity contribution >= 4 is 23.6 Å². The van der Waals surface area contributed by atoms with E-state index in [4.69, 9.17) is 11.6 Å². The van der Waals surface area contributed by atoms with Crippen LogP contribution in [0.5, 0.6) is 0 Å². The molecule has 0 fully saturated rings. The van der Waals surface area contributed by atoms with Gasteiger partial charge in [0, 0.05) is 42.5 Å². The van der Waals surface area contributed by atoms with E-state index in [2.05, 4.69) is 4.98 Å². The first kappa shape index (κ1) is 18.9. The van der Waals surface area contributed by atoms with Crippen LogP contribution in [0.3, 0.4) is 0 Å². The van der Waals surface area contributed by atoms with E-state index >= 15 is 0 Å². The fourth-order valence-corrected chi connectivity index (χ4v) is 2.84. The molecule has 1 heterocycles. The zero-order chi connectivity index (χ0) is 18.9. The van der Waals surface area contributed by atoms with Crippen LogP contribution in [0.1, 0.15) is 16.8 Å². The van der Waals surface area contributed by atoms with Gasteiger partial charge in [0.2, 0.25) is 5.91 Å². The second kappa shape index (κ2) is 9.70. The van der Waals surface area contributed by atoms with Crippen LogP contribution in [-0.2, 0) is 17.8 Å². The van der Waals surface area contributed by atoms with Gasteiger partial charge in [0.25, 0.3) is 0 Å². The molecule has 0 saturated carbocycles. The molecule has 0 aliphatic carbocycles. The number of nitrogens with zero attached hydrogens (tertiary/aromatic N) is 2. The van der Waals surface area contributed by atoms with Crippen LogP contribution in [0.4, 0.5) is 0 Å². The standard InChI is InChI=1S/C23H21ClN2O/c24-21-12-9-19(10-13-21)11-14-23(27)26(18-20-6-2-1-3-7-20)17-15-22-8-4-5-16-25-22/h1-14,16H,15,17-18H2/b14-11+. The van der Waals surface area contributed by atoms with Gasteiger partial charge in [-0.05, 0) is 41.5 Å². The number of carbonyl (C=O) groups excluding carboxylic acids is 1. The fraction of sp³-hybridized carbons (Fsp3) is 0.130.